The van der Waals surface area contributed by atoms with Crippen LogP contribution in [0, 0.1) is 34.0 Å². The van der Waals surface area contributed by atoms with Crippen molar-refractivity contribution in [2.24, 2.45) is 0 Å². The van der Waals surface area contributed by atoms with Crippen LogP contribution in [0.5, 0.6) is 0 Å². The quantitative estimate of drug-likeness (QED) is 0.193. The molecule has 5 nitrogen and oxygen atoms in total. The standard InChI is InChI=1S/C45H25N5/c46-26-29-22-23-42-38(24-29)45-32(28-48)12-9-21-43(45)49(42)33-13-7-10-30(25-33)44-31(27-47)11-8-17-37(44)36-16-3-6-20-41(36)50-39-18-4-1-14-34(39)35-15-2-5-19-40(35)50/h1-25H. The lowest BCUT2D eigenvalue weighted by molar-refractivity contribution is 1.18. The number of rotatable bonds is 4. The molecule has 0 radical (unpaired) electrons. The Morgan fingerprint density at radius 2 is 1.04 bits per heavy atom. The lowest BCUT2D eigenvalue weighted by Crippen LogP contribution is -1.99. The van der Waals surface area contributed by atoms with Crippen molar-refractivity contribution in [3.63, 3.8) is 0 Å². The molecule has 0 unspecified atom stereocenters. The highest BCUT2D eigenvalue weighted by Crippen LogP contribution is 2.42. The van der Waals surface area contributed by atoms with Crippen molar-refractivity contribution in [1.82, 2.24) is 9.13 Å². The molecule has 230 valence electrons. The maximum absolute atomic E-state index is 10.5. The Labute approximate surface area is 287 Å². The second kappa shape index (κ2) is 11.4. The Kier molecular flexibility index (Phi) is 6.56. The van der Waals surface area contributed by atoms with Gasteiger partial charge in [-0.25, -0.2) is 0 Å². The van der Waals surface area contributed by atoms with E-state index >= 15 is 0 Å². The van der Waals surface area contributed by atoms with E-state index in [0.29, 0.717) is 16.7 Å². The van der Waals surface area contributed by atoms with E-state index in [4.69, 9.17) is 0 Å². The van der Waals surface area contributed by atoms with Gasteiger partial charge in [0, 0.05) is 38.4 Å². The van der Waals surface area contributed by atoms with E-state index in [2.05, 4.69) is 112 Å². The molecule has 7 aromatic carbocycles. The molecule has 0 aliphatic rings. The van der Waals surface area contributed by atoms with Crippen molar-refractivity contribution in [2.75, 3.05) is 0 Å². The summed E-state index contributed by atoms with van der Waals surface area (Å²) in [6.07, 6.45) is 0. The Hall–Kier alpha value is -7.39. The van der Waals surface area contributed by atoms with E-state index < -0.39 is 0 Å². The number of hydrogen-bond donors (Lipinski definition) is 0. The minimum atomic E-state index is 0.535. The van der Waals surface area contributed by atoms with E-state index in [-0.39, 0.29) is 0 Å². The fourth-order valence-electron chi connectivity index (χ4n) is 7.57. The number of fused-ring (bicyclic) bond motifs is 6. The van der Waals surface area contributed by atoms with Crippen LogP contribution in [0.1, 0.15) is 16.7 Å². The SMILES string of the molecule is N#Cc1ccc2c(c1)c1c(C#N)cccc1n2-c1cccc(-c2c(C#N)cccc2-c2ccccc2-n2c3ccccc3c3ccccc32)c1. The van der Waals surface area contributed by atoms with Crippen molar-refractivity contribution in [1.29, 1.82) is 15.8 Å². The van der Waals surface area contributed by atoms with Gasteiger partial charge in [0.15, 0.2) is 0 Å². The van der Waals surface area contributed by atoms with Crippen molar-refractivity contribution < 1.29 is 0 Å². The number of aromatic nitrogens is 2. The van der Waals surface area contributed by atoms with Crippen molar-refractivity contribution in [2.45, 2.75) is 0 Å². The maximum Gasteiger partial charge on any atom is 0.0998 e. The summed E-state index contributed by atoms with van der Waals surface area (Å²) in [6.45, 7) is 0. The molecule has 2 aromatic heterocycles. The van der Waals surface area contributed by atoms with Gasteiger partial charge in [-0.15, -0.1) is 0 Å². The van der Waals surface area contributed by atoms with E-state index in [0.717, 1.165) is 66.5 Å². The molecule has 9 aromatic rings. The molecule has 0 fully saturated rings. The van der Waals surface area contributed by atoms with Crippen molar-refractivity contribution in [3.05, 3.63) is 168 Å². The van der Waals surface area contributed by atoms with E-state index in [1.165, 1.54) is 10.8 Å². The minimum Gasteiger partial charge on any atom is -0.309 e. The average Bonchev–Trinajstić information content (AvgIpc) is 3.70. The summed E-state index contributed by atoms with van der Waals surface area (Å²) in [7, 11) is 0. The van der Waals surface area contributed by atoms with Crippen LogP contribution in [0.4, 0.5) is 0 Å². The van der Waals surface area contributed by atoms with Crippen molar-refractivity contribution in [3.8, 4) is 51.8 Å². The molecule has 0 bridgehead atoms. The minimum absolute atomic E-state index is 0.535. The van der Waals surface area contributed by atoms with Gasteiger partial charge >= 0.3 is 0 Å². The molecule has 0 atom stereocenters. The monoisotopic (exact) mass is 635 g/mol. The lowest BCUT2D eigenvalue weighted by atomic mass is 9.90. The van der Waals surface area contributed by atoms with Gasteiger partial charge in [-0.3, -0.25) is 0 Å². The van der Waals surface area contributed by atoms with Crippen LogP contribution in [-0.4, -0.2) is 9.13 Å². The molecule has 9 rings (SSSR count). The molecular weight excluding hydrogens is 611 g/mol. The van der Waals surface area contributed by atoms with Crippen LogP contribution in [-0.2, 0) is 0 Å². The summed E-state index contributed by atoms with van der Waals surface area (Å²) in [5.74, 6) is 0. The summed E-state index contributed by atoms with van der Waals surface area (Å²) in [5, 5.41) is 34.3. The maximum atomic E-state index is 10.5. The van der Waals surface area contributed by atoms with Crippen LogP contribution in [0.2, 0.25) is 0 Å². The first-order valence-corrected chi connectivity index (χ1v) is 16.3. The summed E-state index contributed by atoms with van der Waals surface area (Å²) < 4.78 is 4.45. The molecule has 5 heteroatoms. The van der Waals surface area contributed by atoms with Crippen LogP contribution in [0.25, 0.3) is 77.2 Å². The third kappa shape index (κ3) is 4.24. The Bertz CT molecular complexity index is 2920. The molecule has 0 saturated carbocycles. The normalized spacial score (nSPS) is 11.1. The van der Waals surface area contributed by atoms with E-state index in [1.54, 1.807) is 0 Å². The Morgan fingerprint density at radius 1 is 0.420 bits per heavy atom. The van der Waals surface area contributed by atoms with E-state index in [9.17, 15) is 15.8 Å². The molecule has 0 aliphatic carbocycles. The second-order valence-electron chi connectivity index (χ2n) is 12.3. The predicted octanol–water partition coefficient (Wildman–Crippen LogP) is 10.8. The van der Waals surface area contributed by atoms with Crippen molar-refractivity contribution >= 4 is 43.6 Å². The zero-order valence-corrected chi connectivity index (χ0v) is 26.7. The van der Waals surface area contributed by atoms with Gasteiger partial charge in [0.25, 0.3) is 0 Å². The highest BCUT2D eigenvalue weighted by Gasteiger charge is 2.21. The molecule has 2 heterocycles. The first-order valence-electron chi connectivity index (χ1n) is 16.3. The lowest BCUT2D eigenvalue weighted by Gasteiger charge is -2.18. The van der Waals surface area contributed by atoms with E-state index in [1.807, 2.05) is 66.7 Å². The van der Waals surface area contributed by atoms with Crippen LogP contribution in [0.3, 0.4) is 0 Å². The zero-order chi connectivity index (χ0) is 33.8. The molecular formula is C45H25N5. The van der Waals surface area contributed by atoms with Crippen LogP contribution in [0.15, 0.2) is 152 Å². The van der Waals surface area contributed by atoms with Gasteiger partial charge in [0.1, 0.15) is 0 Å². The number of benzene rings is 7. The first-order chi connectivity index (χ1) is 24.7. The zero-order valence-electron chi connectivity index (χ0n) is 26.7. The molecule has 0 aliphatic heterocycles. The predicted molar refractivity (Wildman–Crippen MR) is 200 cm³/mol. The largest absolute Gasteiger partial charge is 0.309 e. The molecule has 0 amide bonds. The first kappa shape index (κ1) is 28.8. The Morgan fingerprint density at radius 3 is 1.80 bits per heavy atom. The number of nitriles is 3. The summed E-state index contributed by atoms with van der Waals surface area (Å²) in [4.78, 5) is 0. The highest BCUT2D eigenvalue weighted by molar-refractivity contribution is 6.12. The average molecular weight is 636 g/mol. The van der Waals surface area contributed by atoms with Gasteiger partial charge in [0.2, 0.25) is 0 Å². The third-order valence-corrected chi connectivity index (χ3v) is 9.63. The highest BCUT2D eigenvalue weighted by atomic mass is 15.0. The molecule has 0 N–H and O–H groups in total. The van der Waals surface area contributed by atoms with Gasteiger partial charge in [0.05, 0.1) is 62.7 Å². The molecule has 0 saturated heterocycles. The topological polar surface area (TPSA) is 81.2 Å². The van der Waals surface area contributed by atoms with Crippen LogP contribution >= 0.6 is 0 Å². The molecule has 0 spiro atoms. The van der Waals surface area contributed by atoms with Gasteiger partial charge in [-0.2, -0.15) is 15.8 Å². The third-order valence-electron chi connectivity index (χ3n) is 9.63. The number of hydrogen-bond acceptors (Lipinski definition) is 3. The summed E-state index contributed by atoms with van der Waals surface area (Å²) >= 11 is 0. The fourth-order valence-corrected chi connectivity index (χ4v) is 7.57. The molecule has 50 heavy (non-hydrogen) atoms. The summed E-state index contributed by atoms with van der Waals surface area (Å²) in [6, 6.07) is 57.8. The smallest absolute Gasteiger partial charge is 0.0998 e. The van der Waals surface area contributed by atoms with Crippen LogP contribution < -0.4 is 0 Å². The second-order valence-corrected chi connectivity index (χ2v) is 12.3. The Balaban J connectivity index is 1.30. The van der Waals surface area contributed by atoms with Gasteiger partial charge in [-0.05, 0) is 77.9 Å². The number of nitrogens with zero attached hydrogens (tertiary/aromatic N) is 5. The number of para-hydroxylation sites is 3. The van der Waals surface area contributed by atoms with Gasteiger partial charge in [-0.1, -0.05) is 84.9 Å². The fraction of sp³-hybridized carbons (Fsp3) is 0. The van der Waals surface area contributed by atoms with Gasteiger partial charge < -0.3 is 9.13 Å². The summed E-state index contributed by atoms with van der Waals surface area (Å²) in [5.41, 5.74) is 11.3.